The van der Waals surface area contributed by atoms with Gasteiger partial charge < -0.3 is 5.73 Å². The van der Waals surface area contributed by atoms with E-state index in [1.54, 1.807) is 13.8 Å². The minimum absolute atomic E-state index is 0.0166. The first-order valence-corrected chi connectivity index (χ1v) is 6.65. The van der Waals surface area contributed by atoms with Crippen molar-refractivity contribution in [3.05, 3.63) is 0 Å². The van der Waals surface area contributed by atoms with Gasteiger partial charge in [-0.2, -0.15) is 0 Å². The molecule has 1 saturated heterocycles. The third kappa shape index (κ3) is 2.34. The Morgan fingerprint density at radius 2 is 2.12 bits per heavy atom. The smallest absolute Gasteiger partial charge is 0.232 e. The van der Waals surface area contributed by atoms with Gasteiger partial charge in [-0.25, -0.2) is 0 Å². The molecule has 0 aliphatic carbocycles. The number of rotatable bonds is 4. The maximum Gasteiger partial charge on any atom is 0.232 e. The Morgan fingerprint density at radius 3 is 2.44 bits per heavy atom. The summed E-state index contributed by atoms with van der Waals surface area (Å²) in [5.74, 6) is -0.835. The van der Waals surface area contributed by atoms with Crippen LogP contribution in [0.3, 0.4) is 0 Å². The number of ketones is 1. The first kappa shape index (κ1) is 13.4. The zero-order valence-electron chi connectivity index (χ0n) is 9.90. The molecule has 6 heteroatoms. The zero-order chi connectivity index (χ0) is 12.5. The molecule has 0 saturated carbocycles. The van der Waals surface area contributed by atoms with Gasteiger partial charge in [0, 0.05) is 18.9 Å². The maximum absolute atomic E-state index is 11.8. The number of Topliss-reactive ketones (excluding diaryl/α,β-unsaturated/α-hetero) is 1. The van der Waals surface area contributed by atoms with Gasteiger partial charge in [-0.15, -0.1) is 0 Å². The number of carbonyl (C=O) groups is 3. The number of hydrogen-bond acceptors (Lipinski definition) is 4. The molecule has 1 aliphatic rings. The lowest BCUT2D eigenvalue weighted by molar-refractivity contribution is -0.146. The summed E-state index contributed by atoms with van der Waals surface area (Å²) in [6.07, 6.45) is 0.243. The average molecular weight is 240 g/mol. The highest BCUT2D eigenvalue weighted by Gasteiger charge is 2.42. The Bertz CT molecular complexity index is 330. The van der Waals surface area contributed by atoms with E-state index in [2.05, 4.69) is 0 Å². The molecule has 1 fully saturated rings. The second-order valence-corrected chi connectivity index (χ2v) is 5.91. The quantitative estimate of drug-likeness (QED) is 0.490. The topological polar surface area (TPSA) is 80.5 Å². The molecule has 0 radical (unpaired) electrons. The Kier molecular flexibility index (Phi) is 4.25. The van der Waals surface area contributed by atoms with Gasteiger partial charge in [0.05, 0.1) is 0 Å². The van der Waals surface area contributed by atoms with Crippen LogP contribution in [0.2, 0.25) is 4.78 Å². The summed E-state index contributed by atoms with van der Waals surface area (Å²) in [6.45, 7) is 3.51. The van der Waals surface area contributed by atoms with E-state index in [4.69, 9.17) is 5.73 Å². The minimum Gasteiger partial charge on any atom is -0.328 e. The fourth-order valence-corrected chi connectivity index (χ4v) is 2.50. The largest absolute Gasteiger partial charge is 0.328 e. The van der Waals surface area contributed by atoms with Crippen LogP contribution in [0.5, 0.6) is 0 Å². The van der Waals surface area contributed by atoms with Gasteiger partial charge in [0.25, 0.3) is 0 Å². The van der Waals surface area contributed by atoms with Crippen LogP contribution in [0, 0.1) is 5.92 Å². The van der Waals surface area contributed by atoms with Crippen molar-refractivity contribution in [3.8, 4) is 0 Å². The number of nitrogens with two attached hydrogens (primary N) is 1. The maximum atomic E-state index is 11.8. The Balaban J connectivity index is 2.93. The van der Waals surface area contributed by atoms with Gasteiger partial charge in [-0.1, -0.05) is 13.8 Å². The normalized spacial score (nSPS) is 23.0. The van der Waals surface area contributed by atoms with Crippen LogP contribution in [0.1, 0.15) is 20.3 Å². The predicted octanol–water partition coefficient (Wildman–Crippen LogP) is -1.28. The summed E-state index contributed by atoms with van der Waals surface area (Å²) in [5.41, 5.74) is 5.51. The van der Waals surface area contributed by atoms with Crippen LogP contribution in [0.25, 0.3) is 0 Å². The second-order valence-electron chi connectivity index (χ2n) is 4.52. The lowest BCUT2D eigenvalue weighted by Crippen LogP contribution is -2.50. The lowest BCUT2D eigenvalue weighted by Gasteiger charge is -2.25. The standard InChI is InChI=1S/C10H15N2O3.Al.2H/c1-6(2)10(15)7(5-11)12-8(13)3-4-9(12)14;;;/h3,6-7H,4-5,11H2,1-2H3;;;/t7-;;;/m0.../s1. The van der Waals surface area contributed by atoms with E-state index in [1.807, 2.05) is 0 Å². The molecule has 0 spiro atoms. The summed E-state index contributed by atoms with van der Waals surface area (Å²) < 4.78 is -0.193. The fraction of sp³-hybridized carbons (Fsp3) is 0.700. The highest BCUT2D eigenvalue weighted by atomic mass is 27.0. The SMILES string of the molecule is CC(C)C(=O)[C@H](CN)N1C(=O)C[CH]([AlH2])C1=O. The summed E-state index contributed by atoms with van der Waals surface area (Å²) >= 11 is 0.639. The van der Waals surface area contributed by atoms with Gasteiger partial charge >= 0.3 is 0 Å². The molecule has 16 heavy (non-hydrogen) atoms. The lowest BCUT2D eigenvalue weighted by atomic mass is 10.0. The molecule has 2 N–H and O–H groups in total. The van der Waals surface area contributed by atoms with Crippen LogP contribution in [-0.2, 0) is 14.4 Å². The van der Waals surface area contributed by atoms with E-state index in [-0.39, 0.29) is 41.3 Å². The molecule has 88 valence electrons. The summed E-state index contributed by atoms with van der Waals surface area (Å²) in [6, 6.07) is -0.765. The monoisotopic (exact) mass is 240 g/mol. The molecular weight excluding hydrogens is 223 g/mol. The molecule has 0 bridgehead atoms. The first-order chi connectivity index (χ1) is 7.40. The Labute approximate surface area is 103 Å². The van der Waals surface area contributed by atoms with E-state index in [9.17, 15) is 14.4 Å². The Hall–Kier alpha value is -0.698. The number of hydrogen-bond donors (Lipinski definition) is 1. The first-order valence-electron chi connectivity index (χ1n) is 5.49. The van der Waals surface area contributed by atoms with Crippen molar-refractivity contribution < 1.29 is 14.4 Å². The number of amides is 2. The van der Waals surface area contributed by atoms with Gasteiger partial charge in [-0.3, -0.25) is 19.3 Å². The highest BCUT2D eigenvalue weighted by Crippen LogP contribution is 2.24. The van der Waals surface area contributed by atoms with Crippen LogP contribution in [0.15, 0.2) is 0 Å². The van der Waals surface area contributed by atoms with E-state index >= 15 is 0 Å². The molecule has 2 amide bonds. The van der Waals surface area contributed by atoms with Gasteiger partial charge in [0.2, 0.25) is 28.1 Å². The number of imide groups is 1. The highest BCUT2D eigenvalue weighted by molar-refractivity contribution is 6.30. The third-order valence-corrected chi connectivity index (χ3v) is 3.74. The van der Waals surface area contributed by atoms with Crippen molar-refractivity contribution in [1.29, 1.82) is 0 Å². The molecule has 0 aromatic heterocycles. The van der Waals surface area contributed by atoms with Crippen molar-refractivity contribution >= 4 is 33.9 Å². The van der Waals surface area contributed by atoms with E-state index in [0.29, 0.717) is 16.3 Å². The molecule has 1 heterocycles. The van der Waals surface area contributed by atoms with Gasteiger partial charge in [-0.05, 0) is 4.78 Å². The van der Waals surface area contributed by atoms with Crippen molar-refractivity contribution in [1.82, 2.24) is 4.90 Å². The van der Waals surface area contributed by atoms with E-state index in [1.165, 1.54) is 0 Å². The van der Waals surface area contributed by atoms with Crippen molar-refractivity contribution in [2.45, 2.75) is 31.1 Å². The predicted molar refractivity (Wildman–Crippen MR) is 61.5 cm³/mol. The van der Waals surface area contributed by atoms with E-state index < -0.39 is 6.04 Å². The van der Waals surface area contributed by atoms with Crippen LogP contribution < -0.4 is 5.73 Å². The summed E-state index contributed by atoms with van der Waals surface area (Å²) in [5, 5.41) is 0. The fourth-order valence-electron chi connectivity index (χ4n) is 1.87. The molecule has 1 rings (SSSR count). The van der Waals surface area contributed by atoms with Crippen LogP contribution in [-0.4, -0.2) is 51.4 Å². The zero-order valence-corrected chi connectivity index (χ0v) is 11.9. The van der Waals surface area contributed by atoms with E-state index in [0.717, 1.165) is 4.90 Å². The molecular formula is C10H17AlN2O3. The van der Waals surface area contributed by atoms with Crippen LogP contribution >= 0.6 is 0 Å². The molecule has 1 aliphatic heterocycles. The summed E-state index contributed by atoms with van der Waals surface area (Å²) in [7, 11) is 0. The molecule has 0 aromatic rings. The van der Waals surface area contributed by atoms with Gasteiger partial charge in [0.1, 0.15) is 6.04 Å². The van der Waals surface area contributed by atoms with Crippen molar-refractivity contribution in [2.24, 2.45) is 11.7 Å². The Morgan fingerprint density at radius 1 is 1.56 bits per heavy atom. The number of likely N-dealkylation sites (tertiary alicyclic amines) is 1. The van der Waals surface area contributed by atoms with Gasteiger partial charge in [0.15, 0.2) is 5.78 Å². The number of carbonyl (C=O) groups excluding carboxylic acids is 3. The second kappa shape index (κ2) is 5.09. The average Bonchev–Trinajstić information content (AvgIpc) is 2.45. The van der Waals surface area contributed by atoms with Crippen molar-refractivity contribution in [2.75, 3.05) is 6.54 Å². The minimum atomic E-state index is -0.765. The molecule has 0 aromatic carbocycles. The number of nitrogens with zero attached hydrogens (tertiary/aromatic N) is 1. The molecule has 5 nitrogen and oxygen atoms in total. The third-order valence-electron chi connectivity index (χ3n) is 2.84. The molecule has 1 unspecified atom stereocenters. The van der Waals surface area contributed by atoms with Crippen LogP contribution in [0.4, 0.5) is 0 Å². The van der Waals surface area contributed by atoms with Crippen molar-refractivity contribution in [3.63, 3.8) is 0 Å². The molecule has 2 atom stereocenters. The summed E-state index contributed by atoms with van der Waals surface area (Å²) in [4.78, 5) is 36.3.